The van der Waals surface area contributed by atoms with Crippen LogP contribution in [0.4, 0.5) is 27.9 Å². The van der Waals surface area contributed by atoms with Gasteiger partial charge >= 0.3 is 6.03 Å². The number of ether oxygens (including phenoxy) is 3. The average Bonchev–Trinajstić information content (AvgIpc) is 3.10. The highest BCUT2D eigenvalue weighted by Gasteiger charge is 2.46. The minimum Gasteiger partial charge on any atom is -0.497 e. The average molecular weight is 1210 g/mol. The molecule has 438 valence electrons. The highest BCUT2D eigenvalue weighted by Crippen LogP contribution is 2.47. The first-order valence-electron chi connectivity index (χ1n) is 28.6. The van der Waals surface area contributed by atoms with Gasteiger partial charge in [-0.3, -0.25) is 14.7 Å². The van der Waals surface area contributed by atoms with Crippen molar-refractivity contribution in [3.8, 4) is 17.2 Å². The van der Waals surface area contributed by atoms with Gasteiger partial charge in [-0.25, -0.2) is 18.2 Å². The van der Waals surface area contributed by atoms with Crippen LogP contribution in [0.3, 0.4) is 0 Å². The number of hydrogen-bond donors (Lipinski definition) is 2. The Balaban J connectivity index is 0.782. The zero-order chi connectivity index (χ0) is 58.7. The van der Waals surface area contributed by atoms with Gasteiger partial charge in [0.05, 0.1) is 59.1 Å². The van der Waals surface area contributed by atoms with Crippen molar-refractivity contribution in [2.45, 2.75) is 126 Å². The van der Waals surface area contributed by atoms with Crippen LogP contribution in [0.25, 0.3) is 0 Å². The Morgan fingerprint density at radius 1 is 0.771 bits per heavy atom. The van der Waals surface area contributed by atoms with E-state index in [4.69, 9.17) is 54.0 Å². The van der Waals surface area contributed by atoms with E-state index in [0.29, 0.717) is 81.7 Å². The number of likely N-dealkylation sites (tertiary alicyclic amines) is 1. The number of sulfone groups is 1. The number of carbonyl (C=O) groups is 2. The lowest BCUT2D eigenvalue weighted by Gasteiger charge is -2.45. The van der Waals surface area contributed by atoms with Gasteiger partial charge in [0.25, 0.3) is 0 Å². The van der Waals surface area contributed by atoms with E-state index < -0.39 is 27.2 Å². The molecule has 0 bridgehead atoms. The number of piperazine rings is 1. The molecule has 20 heteroatoms. The molecule has 3 fully saturated rings. The molecule has 2 atom stereocenters. The molecule has 0 unspecified atom stereocenters. The number of nitrogens with zero attached hydrogens (tertiary/aromatic N) is 7. The molecule has 10 rings (SSSR count). The first-order chi connectivity index (χ1) is 39.9. The first kappa shape index (κ1) is 59.5. The number of carbonyl (C=O) groups excluding carboxylic acids is 2. The smallest absolute Gasteiger partial charge is 0.326 e. The number of hydrogen-bond acceptors (Lipinski definition) is 13. The minimum absolute atomic E-state index is 0.0499. The number of halogens is 3. The fourth-order valence-electron chi connectivity index (χ4n) is 12.1. The van der Waals surface area contributed by atoms with Crippen LogP contribution in [0, 0.1) is 6.92 Å². The van der Waals surface area contributed by atoms with Crippen molar-refractivity contribution in [3.63, 3.8) is 0 Å². The summed E-state index contributed by atoms with van der Waals surface area (Å²) in [6, 6.07) is 30.6. The SMILES string of the molecule is CCOc1cc(C2CCN(C3CCC(N4CCN(C(=O)N5C(c6ccc(OC)cc6OC(C)C)=N[C@@H](c6ccc(Cl)cc6)[C@H]5c5ccc(Cl)cc5)CC4=O)CC3)CC2)c(C)cc1Nc1ncc(Cl)c(Nc2ccccc2S(=O)(=O)C(C)C)n1. The third kappa shape index (κ3) is 13.0. The summed E-state index contributed by atoms with van der Waals surface area (Å²) in [5, 5.41) is 7.25. The van der Waals surface area contributed by atoms with Crippen LogP contribution in [0.1, 0.15) is 119 Å². The van der Waals surface area contributed by atoms with Gasteiger partial charge in [0, 0.05) is 41.3 Å². The number of amides is 3. The zero-order valence-electron chi connectivity index (χ0n) is 47.9. The Kier molecular flexibility index (Phi) is 18.4. The number of aryl methyl sites for hydroxylation is 1. The van der Waals surface area contributed by atoms with Gasteiger partial charge in [-0.2, -0.15) is 4.98 Å². The number of benzene rings is 5. The lowest BCUT2D eigenvalue weighted by molar-refractivity contribution is -0.138. The van der Waals surface area contributed by atoms with Crippen LogP contribution in [0.2, 0.25) is 15.1 Å². The van der Waals surface area contributed by atoms with Crippen molar-refractivity contribution in [1.29, 1.82) is 0 Å². The molecule has 3 amide bonds. The van der Waals surface area contributed by atoms with Gasteiger partial charge in [-0.1, -0.05) is 71.2 Å². The van der Waals surface area contributed by atoms with Gasteiger partial charge in [0.15, 0.2) is 15.7 Å². The van der Waals surface area contributed by atoms with E-state index in [9.17, 15) is 13.2 Å². The molecule has 2 N–H and O–H groups in total. The highest BCUT2D eigenvalue weighted by atomic mass is 35.5. The van der Waals surface area contributed by atoms with Gasteiger partial charge < -0.3 is 39.5 Å². The molecule has 1 saturated carbocycles. The molecule has 1 aromatic heterocycles. The van der Waals surface area contributed by atoms with E-state index in [-0.39, 0.29) is 52.3 Å². The Bertz CT molecular complexity index is 3460. The van der Waals surface area contributed by atoms with Gasteiger partial charge in [-0.05, 0) is 182 Å². The van der Waals surface area contributed by atoms with Crippen molar-refractivity contribution < 1.29 is 32.2 Å². The first-order valence-corrected chi connectivity index (χ1v) is 31.3. The maximum Gasteiger partial charge on any atom is 0.326 e. The number of nitrogens with one attached hydrogen (secondary N) is 2. The lowest BCUT2D eigenvalue weighted by atomic mass is 9.83. The van der Waals surface area contributed by atoms with Gasteiger partial charge in [-0.15, -0.1) is 0 Å². The summed E-state index contributed by atoms with van der Waals surface area (Å²) in [7, 11) is -1.99. The molecule has 2 saturated heterocycles. The monoisotopic (exact) mass is 1200 g/mol. The summed E-state index contributed by atoms with van der Waals surface area (Å²) < 4.78 is 44.6. The van der Waals surface area contributed by atoms with E-state index in [1.807, 2.05) is 92.4 Å². The molecule has 0 radical (unpaired) electrons. The minimum atomic E-state index is -3.59. The standard InChI is InChI=1S/C63H72Cl3N9O7S/c1-8-81-55-35-50(40(6)33-53(55)69-62-67-36-51(66)60(71-62)68-52-11-9-10-12-56(52)83(78,79)39(4)5)41-27-29-72(30-28-41)46-21-23-47(24-22-46)74-32-31-73(37-57(74)76)63(77)75-59(43-15-19-45(65)20-16-43)58(42-13-17-44(64)18-14-42)70-61(75)49-26-25-48(80-7)34-54(49)82-38(2)3/h9-20,25-26,33-36,38-39,41,46-47,58-59H,8,21-24,27-32,37H2,1-7H3,(H2,67,68,69,71)/t46?,47?,58-,59+/m0/s1. The third-order valence-electron chi connectivity index (χ3n) is 16.3. The quantitative estimate of drug-likeness (QED) is 0.0887. The summed E-state index contributed by atoms with van der Waals surface area (Å²) in [4.78, 5) is 52.5. The Morgan fingerprint density at radius 3 is 2.10 bits per heavy atom. The Morgan fingerprint density at radius 2 is 1.45 bits per heavy atom. The zero-order valence-corrected chi connectivity index (χ0v) is 51.0. The fourth-order valence-corrected chi connectivity index (χ4v) is 13.7. The summed E-state index contributed by atoms with van der Waals surface area (Å²) in [6.07, 6.45) is 7.10. The Hall–Kier alpha value is -6.63. The second-order valence-electron chi connectivity index (χ2n) is 22.3. The van der Waals surface area contributed by atoms with Crippen LogP contribution in [0.5, 0.6) is 17.2 Å². The van der Waals surface area contributed by atoms with Crippen molar-refractivity contribution in [3.05, 3.63) is 152 Å². The Labute approximate surface area is 502 Å². The molecule has 1 aliphatic carbocycles. The van der Waals surface area contributed by atoms with E-state index in [0.717, 1.165) is 68.3 Å². The number of anilines is 4. The van der Waals surface area contributed by atoms with Crippen LogP contribution >= 0.6 is 34.8 Å². The van der Waals surface area contributed by atoms with Crippen LogP contribution < -0.4 is 24.8 Å². The second kappa shape index (κ2) is 25.7. The summed E-state index contributed by atoms with van der Waals surface area (Å²) in [5.41, 5.74) is 5.79. The molecule has 4 aliphatic rings. The molecule has 4 heterocycles. The van der Waals surface area contributed by atoms with Gasteiger partial charge in [0.2, 0.25) is 11.9 Å². The number of rotatable bonds is 17. The number of amidine groups is 1. The normalized spacial score (nSPS) is 20.0. The second-order valence-corrected chi connectivity index (χ2v) is 26.0. The van der Waals surface area contributed by atoms with Crippen LogP contribution in [-0.2, 0) is 14.6 Å². The van der Waals surface area contributed by atoms with Gasteiger partial charge in [0.1, 0.15) is 40.7 Å². The van der Waals surface area contributed by atoms with Crippen LogP contribution in [-0.4, -0.2) is 126 Å². The number of aliphatic imine (C=N–C) groups is 1. The summed E-state index contributed by atoms with van der Waals surface area (Å²) in [5.74, 6) is 3.07. The fraction of sp³-hybridized carbons (Fsp3) is 0.413. The van der Waals surface area contributed by atoms with E-state index in [1.54, 1.807) is 55.0 Å². The number of urea groups is 1. The molecule has 0 spiro atoms. The largest absolute Gasteiger partial charge is 0.497 e. The number of methoxy groups -OCH3 is 1. The number of piperidine rings is 1. The third-order valence-corrected chi connectivity index (χ3v) is 19.3. The van der Waals surface area contributed by atoms with Crippen molar-refractivity contribution in [1.82, 2.24) is 29.6 Å². The molecule has 3 aliphatic heterocycles. The number of para-hydroxylation sites is 1. The topological polar surface area (TPSA) is 171 Å². The molecule has 16 nitrogen and oxygen atoms in total. The molecule has 83 heavy (non-hydrogen) atoms. The van der Waals surface area contributed by atoms with Crippen molar-refractivity contribution in [2.24, 2.45) is 4.99 Å². The molecular weight excluding hydrogens is 1130 g/mol. The highest BCUT2D eigenvalue weighted by molar-refractivity contribution is 7.92. The number of aromatic nitrogens is 2. The molecule has 6 aromatic rings. The predicted molar refractivity (Wildman–Crippen MR) is 329 cm³/mol. The van der Waals surface area contributed by atoms with E-state index in [1.165, 1.54) is 11.8 Å². The maximum atomic E-state index is 15.4. The lowest BCUT2D eigenvalue weighted by Crippen LogP contribution is -2.59. The summed E-state index contributed by atoms with van der Waals surface area (Å²) >= 11 is 19.4. The van der Waals surface area contributed by atoms with Crippen LogP contribution in [0.15, 0.2) is 119 Å². The molecular formula is C63H72Cl3N9O7S. The summed E-state index contributed by atoms with van der Waals surface area (Å²) in [6.45, 7) is 14.4. The van der Waals surface area contributed by atoms with E-state index >= 15 is 4.79 Å². The predicted octanol–water partition coefficient (Wildman–Crippen LogP) is 13.6. The molecule has 5 aromatic carbocycles. The van der Waals surface area contributed by atoms with E-state index in [2.05, 4.69) is 44.6 Å². The van der Waals surface area contributed by atoms with Crippen molar-refractivity contribution >= 4 is 85.6 Å². The van der Waals surface area contributed by atoms with Crippen molar-refractivity contribution in [2.75, 3.05) is 57.1 Å². The maximum absolute atomic E-state index is 15.4.